The zero-order valence-electron chi connectivity index (χ0n) is 15.4. The van der Waals surface area contributed by atoms with Crippen molar-refractivity contribution in [3.63, 3.8) is 0 Å². The Hall–Kier alpha value is -1.92. The van der Waals surface area contributed by atoms with Gasteiger partial charge in [-0.1, -0.05) is 26.0 Å². The fourth-order valence-corrected chi connectivity index (χ4v) is 3.18. The molecule has 0 aliphatic carbocycles. The van der Waals surface area contributed by atoms with Crippen LogP contribution in [0, 0.1) is 5.92 Å². The number of para-hydroxylation sites is 1. The van der Waals surface area contributed by atoms with Gasteiger partial charge >= 0.3 is 0 Å². The summed E-state index contributed by atoms with van der Waals surface area (Å²) in [6.07, 6.45) is 1.67. The lowest BCUT2D eigenvalue weighted by molar-refractivity contribution is -0.120. The van der Waals surface area contributed by atoms with E-state index < -0.39 is 0 Å². The van der Waals surface area contributed by atoms with E-state index in [1.807, 2.05) is 57.6 Å². The molecule has 1 amide bonds. The van der Waals surface area contributed by atoms with Crippen LogP contribution in [-0.2, 0) is 4.79 Å². The highest BCUT2D eigenvalue weighted by atomic mass is 32.1. The first-order valence-electron chi connectivity index (χ1n) is 8.68. The molecule has 1 N–H and O–H groups in total. The van der Waals surface area contributed by atoms with Crippen molar-refractivity contribution in [3.05, 3.63) is 29.6 Å². The molecule has 2 rings (SSSR count). The molecule has 25 heavy (non-hydrogen) atoms. The summed E-state index contributed by atoms with van der Waals surface area (Å²) in [5.74, 6) is 0.892. The number of aromatic nitrogens is 1. The Kier molecular flexibility index (Phi) is 7.40. The predicted molar refractivity (Wildman–Crippen MR) is 104 cm³/mol. The van der Waals surface area contributed by atoms with E-state index >= 15 is 0 Å². The molecule has 0 aliphatic heterocycles. The Morgan fingerprint density at radius 3 is 2.68 bits per heavy atom. The first kappa shape index (κ1) is 19.4. The number of nitrogens with zero attached hydrogens (tertiary/aromatic N) is 2. The maximum absolute atomic E-state index is 12.2. The molecule has 0 aliphatic rings. The summed E-state index contributed by atoms with van der Waals surface area (Å²) in [4.78, 5) is 18.9. The third-order valence-electron chi connectivity index (χ3n) is 4.05. The maximum Gasteiger partial charge on any atom is 0.229 e. The Bertz CT molecular complexity index is 681. The van der Waals surface area contributed by atoms with Crippen LogP contribution in [0.3, 0.4) is 0 Å². The number of amides is 1. The third-order valence-corrected chi connectivity index (χ3v) is 4.81. The topological polar surface area (TPSA) is 54.5 Å². The molecule has 5 nitrogen and oxygen atoms in total. The molecule has 0 saturated carbocycles. The van der Waals surface area contributed by atoms with E-state index in [0.29, 0.717) is 11.7 Å². The van der Waals surface area contributed by atoms with Crippen molar-refractivity contribution in [1.82, 2.24) is 9.88 Å². The van der Waals surface area contributed by atoms with Gasteiger partial charge in [-0.05, 0) is 39.1 Å². The molecule has 0 fully saturated rings. The van der Waals surface area contributed by atoms with Gasteiger partial charge in [0.05, 0.1) is 5.69 Å². The van der Waals surface area contributed by atoms with Gasteiger partial charge in [-0.25, -0.2) is 4.98 Å². The van der Waals surface area contributed by atoms with E-state index in [4.69, 9.17) is 4.74 Å². The van der Waals surface area contributed by atoms with Crippen molar-refractivity contribution < 1.29 is 9.53 Å². The smallest absolute Gasteiger partial charge is 0.229 e. The van der Waals surface area contributed by atoms with Gasteiger partial charge < -0.3 is 15.0 Å². The minimum atomic E-state index is 0.0361. The Morgan fingerprint density at radius 2 is 2.00 bits per heavy atom. The van der Waals surface area contributed by atoms with Gasteiger partial charge in [0.1, 0.15) is 12.4 Å². The van der Waals surface area contributed by atoms with Crippen molar-refractivity contribution >= 4 is 22.4 Å². The normalized spacial score (nSPS) is 11.1. The lowest BCUT2D eigenvalue weighted by atomic mass is 10.0. The van der Waals surface area contributed by atoms with E-state index in [9.17, 15) is 4.79 Å². The standard InChI is InChI=1S/C19H27N3O2S/c1-5-14(6-2)18(23)21-19-20-16(13-25-19)15-9-7-8-10-17(15)24-12-11-22(3)4/h7-10,13-14H,5-6,11-12H2,1-4H3,(H,20,21,23). The molecule has 136 valence electrons. The van der Waals surface area contributed by atoms with Gasteiger partial charge in [-0.3, -0.25) is 4.79 Å². The summed E-state index contributed by atoms with van der Waals surface area (Å²) in [6, 6.07) is 7.87. The quantitative estimate of drug-likeness (QED) is 0.730. The van der Waals surface area contributed by atoms with E-state index in [-0.39, 0.29) is 11.8 Å². The molecule has 0 atom stereocenters. The number of benzene rings is 1. The average Bonchev–Trinajstić information content (AvgIpc) is 3.04. The largest absolute Gasteiger partial charge is 0.492 e. The van der Waals surface area contributed by atoms with Crippen molar-refractivity contribution in [2.75, 3.05) is 32.6 Å². The highest BCUT2D eigenvalue weighted by Crippen LogP contribution is 2.32. The van der Waals surface area contributed by atoms with E-state index in [1.54, 1.807) is 0 Å². The summed E-state index contributed by atoms with van der Waals surface area (Å²) in [7, 11) is 4.04. The van der Waals surface area contributed by atoms with Crippen LogP contribution in [0.2, 0.25) is 0 Å². The van der Waals surface area contributed by atoms with E-state index in [1.165, 1.54) is 11.3 Å². The van der Waals surface area contributed by atoms with Crippen molar-refractivity contribution in [1.29, 1.82) is 0 Å². The third kappa shape index (κ3) is 5.54. The summed E-state index contributed by atoms with van der Waals surface area (Å²) in [5, 5.41) is 5.52. The summed E-state index contributed by atoms with van der Waals surface area (Å²) in [5.41, 5.74) is 1.77. The minimum Gasteiger partial charge on any atom is -0.492 e. The zero-order valence-corrected chi connectivity index (χ0v) is 16.2. The minimum absolute atomic E-state index is 0.0361. The molecule has 1 aromatic heterocycles. The number of carbonyl (C=O) groups is 1. The summed E-state index contributed by atoms with van der Waals surface area (Å²) < 4.78 is 5.90. The fraction of sp³-hybridized carbons (Fsp3) is 0.474. The second-order valence-corrected chi connectivity index (χ2v) is 7.05. The molecular formula is C19H27N3O2S. The molecule has 2 aromatic rings. The lowest BCUT2D eigenvalue weighted by Crippen LogP contribution is -2.21. The number of nitrogens with one attached hydrogen (secondary N) is 1. The average molecular weight is 362 g/mol. The van der Waals surface area contributed by atoms with Gasteiger partial charge in [0.2, 0.25) is 5.91 Å². The van der Waals surface area contributed by atoms with Gasteiger partial charge in [-0.15, -0.1) is 11.3 Å². The number of likely N-dealkylation sites (N-methyl/N-ethyl adjacent to an activating group) is 1. The zero-order chi connectivity index (χ0) is 18.2. The summed E-state index contributed by atoms with van der Waals surface area (Å²) in [6.45, 7) is 5.53. The predicted octanol–water partition coefficient (Wildman–Crippen LogP) is 4.13. The Morgan fingerprint density at radius 1 is 1.28 bits per heavy atom. The van der Waals surface area contributed by atoms with Crippen LogP contribution in [0.25, 0.3) is 11.3 Å². The van der Waals surface area contributed by atoms with Crippen LogP contribution in [-0.4, -0.2) is 43.0 Å². The second-order valence-electron chi connectivity index (χ2n) is 6.19. The molecule has 0 radical (unpaired) electrons. The highest BCUT2D eigenvalue weighted by Gasteiger charge is 2.16. The van der Waals surface area contributed by atoms with E-state index in [0.717, 1.165) is 36.4 Å². The number of rotatable bonds is 9. The lowest BCUT2D eigenvalue weighted by Gasteiger charge is -2.13. The molecule has 0 spiro atoms. The van der Waals surface area contributed by atoms with Gasteiger partial charge in [0.15, 0.2) is 5.13 Å². The fourth-order valence-electron chi connectivity index (χ4n) is 2.46. The molecule has 0 bridgehead atoms. The van der Waals surface area contributed by atoms with Gasteiger partial charge in [-0.2, -0.15) is 0 Å². The number of carbonyl (C=O) groups excluding carboxylic acids is 1. The first-order chi connectivity index (χ1) is 12.0. The van der Waals surface area contributed by atoms with Gasteiger partial charge in [0.25, 0.3) is 0 Å². The van der Waals surface area contributed by atoms with Crippen molar-refractivity contribution in [2.24, 2.45) is 5.92 Å². The van der Waals surface area contributed by atoms with Crippen LogP contribution >= 0.6 is 11.3 Å². The summed E-state index contributed by atoms with van der Waals surface area (Å²) >= 11 is 1.44. The SMILES string of the molecule is CCC(CC)C(=O)Nc1nc(-c2ccccc2OCCN(C)C)cs1. The molecule has 1 aromatic carbocycles. The molecule has 6 heteroatoms. The second kappa shape index (κ2) is 9.53. The van der Waals surface area contributed by atoms with Crippen LogP contribution < -0.4 is 10.1 Å². The highest BCUT2D eigenvalue weighted by molar-refractivity contribution is 7.14. The number of thiazole rings is 1. The van der Waals surface area contributed by atoms with E-state index in [2.05, 4.69) is 15.2 Å². The Balaban J connectivity index is 2.10. The van der Waals surface area contributed by atoms with Crippen LogP contribution in [0.4, 0.5) is 5.13 Å². The van der Waals surface area contributed by atoms with Crippen LogP contribution in [0.15, 0.2) is 29.6 Å². The first-order valence-corrected chi connectivity index (χ1v) is 9.56. The van der Waals surface area contributed by atoms with Gasteiger partial charge in [0, 0.05) is 23.4 Å². The van der Waals surface area contributed by atoms with Crippen molar-refractivity contribution in [2.45, 2.75) is 26.7 Å². The molecular weight excluding hydrogens is 334 g/mol. The van der Waals surface area contributed by atoms with Crippen LogP contribution in [0.1, 0.15) is 26.7 Å². The number of ether oxygens (including phenoxy) is 1. The van der Waals surface area contributed by atoms with Crippen molar-refractivity contribution in [3.8, 4) is 17.0 Å². The molecule has 0 unspecified atom stereocenters. The molecule has 0 saturated heterocycles. The molecule has 1 heterocycles. The van der Waals surface area contributed by atoms with Crippen LogP contribution in [0.5, 0.6) is 5.75 Å². The number of hydrogen-bond donors (Lipinski definition) is 1. The number of anilines is 1. The Labute approximate surface area is 154 Å². The monoisotopic (exact) mass is 361 g/mol. The maximum atomic E-state index is 12.2. The number of hydrogen-bond acceptors (Lipinski definition) is 5.